The van der Waals surface area contributed by atoms with Gasteiger partial charge in [0.15, 0.2) is 6.29 Å². The van der Waals surface area contributed by atoms with Gasteiger partial charge in [-0.25, -0.2) is 0 Å². The van der Waals surface area contributed by atoms with Crippen molar-refractivity contribution in [1.29, 1.82) is 0 Å². The molecule has 2 heterocycles. The van der Waals surface area contributed by atoms with Crippen LogP contribution in [0.15, 0.2) is 0 Å². The molecule has 6 atom stereocenters. The van der Waals surface area contributed by atoms with Crippen molar-refractivity contribution in [1.82, 2.24) is 0 Å². The molecule has 74 valence electrons. The Morgan fingerprint density at radius 2 is 2.38 bits per heavy atom. The summed E-state index contributed by atoms with van der Waals surface area (Å²) in [6.45, 7) is 0.879. The summed E-state index contributed by atoms with van der Waals surface area (Å²) in [5, 5.41) is 9.22. The van der Waals surface area contributed by atoms with Crippen LogP contribution in [-0.4, -0.2) is 43.9 Å². The zero-order valence-electron chi connectivity index (χ0n) is 7.55. The maximum atomic E-state index is 9.22. The van der Waals surface area contributed by atoms with E-state index < -0.39 is 0 Å². The summed E-state index contributed by atoms with van der Waals surface area (Å²) in [5.41, 5.74) is 0. The summed E-state index contributed by atoms with van der Waals surface area (Å²) in [6.07, 6.45) is 0.282. The van der Waals surface area contributed by atoms with Crippen molar-refractivity contribution in [2.45, 2.75) is 18.5 Å². The molecular weight excluding hydrogens is 172 g/mol. The third kappa shape index (κ3) is 0.845. The number of ether oxygens (including phenoxy) is 3. The fourth-order valence-electron chi connectivity index (χ4n) is 3.08. The molecule has 2 aliphatic heterocycles. The second-order valence-corrected chi connectivity index (χ2v) is 4.09. The van der Waals surface area contributed by atoms with E-state index in [4.69, 9.17) is 14.2 Å². The minimum Gasteiger partial charge on any atom is -0.396 e. The Bertz CT molecular complexity index is 218. The molecule has 1 saturated carbocycles. The molecule has 6 unspecified atom stereocenters. The van der Waals surface area contributed by atoms with Crippen LogP contribution >= 0.6 is 0 Å². The van der Waals surface area contributed by atoms with Crippen molar-refractivity contribution in [2.75, 3.05) is 20.3 Å². The summed E-state index contributed by atoms with van der Waals surface area (Å²) < 4.78 is 16.4. The lowest BCUT2D eigenvalue weighted by atomic mass is 9.92. The average Bonchev–Trinajstić information content (AvgIpc) is 2.50. The molecule has 13 heavy (non-hydrogen) atoms. The second kappa shape index (κ2) is 2.67. The molecular formula is C9H14O4. The lowest BCUT2D eigenvalue weighted by molar-refractivity contribution is -0.274. The van der Waals surface area contributed by atoms with E-state index in [1.54, 1.807) is 7.11 Å². The average molecular weight is 186 g/mol. The van der Waals surface area contributed by atoms with Crippen molar-refractivity contribution in [3.8, 4) is 0 Å². The molecule has 3 aliphatic rings. The number of aliphatic hydroxyl groups is 1. The lowest BCUT2D eigenvalue weighted by Gasteiger charge is -2.38. The van der Waals surface area contributed by atoms with E-state index in [9.17, 15) is 5.11 Å². The van der Waals surface area contributed by atoms with Crippen molar-refractivity contribution in [3.05, 3.63) is 0 Å². The van der Waals surface area contributed by atoms with Crippen LogP contribution in [0.25, 0.3) is 0 Å². The Labute approximate surface area is 76.8 Å². The van der Waals surface area contributed by atoms with Gasteiger partial charge in [0.1, 0.15) is 0 Å². The first-order valence-electron chi connectivity index (χ1n) is 4.77. The van der Waals surface area contributed by atoms with Gasteiger partial charge >= 0.3 is 0 Å². The highest BCUT2D eigenvalue weighted by atomic mass is 16.7. The smallest absolute Gasteiger partial charge is 0.163 e. The lowest BCUT2D eigenvalue weighted by Crippen LogP contribution is -2.48. The van der Waals surface area contributed by atoms with Gasteiger partial charge in [-0.2, -0.15) is 0 Å². The SMILES string of the molecule is COC1C(CO)C2OC3OCC1C32. The molecule has 0 spiro atoms. The van der Waals surface area contributed by atoms with E-state index in [2.05, 4.69) is 0 Å². The van der Waals surface area contributed by atoms with E-state index in [0.29, 0.717) is 11.8 Å². The van der Waals surface area contributed by atoms with Gasteiger partial charge in [-0.1, -0.05) is 0 Å². The molecule has 0 aromatic heterocycles. The topological polar surface area (TPSA) is 47.9 Å². The van der Waals surface area contributed by atoms with Gasteiger partial charge in [0.25, 0.3) is 0 Å². The predicted molar refractivity (Wildman–Crippen MR) is 43.0 cm³/mol. The van der Waals surface area contributed by atoms with Gasteiger partial charge in [-0.3, -0.25) is 0 Å². The fourth-order valence-corrected chi connectivity index (χ4v) is 3.08. The van der Waals surface area contributed by atoms with E-state index in [1.807, 2.05) is 0 Å². The van der Waals surface area contributed by atoms with Crippen LogP contribution in [0.1, 0.15) is 0 Å². The molecule has 1 aliphatic carbocycles. The number of hydrogen-bond acceptors (Lipinski definition) is 4. The number of aliphatic hydroxyl groups excluding tert-OH is 1. The van der Waals surface area contributed by atoms with Gasteiger partial charge < -0.3 is 19.3 Å². The summed E-state index contributed by atoms with van der Waals surface area (Å²) in [4.78, 5) is 0. The Morgan fingerprint density at radius 3 is 3.08 bits per heavy atom. The highest BCUT2D eigenvalue weighted by molar-refractivity contribution is 5.07. The first-order chi connectivity index (χ1) is 6.36. The van der Waals surface area contributed by atoms with Crippen molar-refractivity contribution >= 4 is 0 Å². The van der Waals surface area contributed by atoms with E-state index >= 15 is 0 Å². The van der Waals surface area contributed by atoms with Gasteiger partial charge in [-0.05, 0) is 0 Å². The zero-order chi connectivity index (χ0) is 9.00. The fraction of sp³-hybridized carbons (Fsp3) is 1.00. The molecule has 1 N–H and O–H groups in total. The van der Waals surface area contributed by atoms with Crippen molar-refractivity contribution < 1.29 is 19.3 Å². The van der Waals surface area contributed by atoms with Crippen LogP contribution in [0.5, 0.6) is 0 Å². The van der Waals surface area contributed by atoms with Gasteiger partial charge in [0, 0.05) is 24.9 Å². The molecule has 3 rings (SSSR count). The van der Waals surface area contributed by atoms with Crippen LogP contribution < -0.4 is 0 Å². The maximum Gasteiger partial charge on any atom is 0.163 e. The van der Waals surface area contributed by atoms with Crippen molar-refractivity contribution in [3.63, 3.8) is 0 Å². The van der Waals surface area contributed by atoms with Crippen LogP contribution in [0.2, 0.25) is 0 Å². The molecule has 0 bridgehead atoms. The summed E-state index contributed by atoms with van der Waals surface area (Å²) >= 11 is 0. The molecule has 0 radical (unpaired) electrons. The Balaban J connectivity index is 1.86. The standard InChI is InChI=1S/C9H14O4/c1-11-7-4(2-10)8-6-5(7)3-12-9(6)13-8/h4-10H,2-3H2,1H3. The molecule has 0 aromatic carbocycles. The van der Waals surface area contributed by atoms with Crippen molar-refractivity contribution in [2.24, 2.45) is 17.8 Å². The number of methoxy groups -OCH3 is 1. The Morgan fingerprint density at radius 1 is 1.54 bits per heavy atom. The minimum atomic E-state index is -0.0100. The Hall–Kier alpha value is -0.160. The summed E-state index contributed by atoms with van der Waals surface area (Å²) in [5.74, 6) is 1.06. The van der Waals surface area contributed by atoms with Gasteiger partial charge in [0.05, 0.1) is 25.4 Å². The minimum absolute atomic E-state index is 0.0100. The molecule has 3 fully saturated rings. The van der Waals surface area contributed by atoms with E-state index in [1.165, 1.54) is 0 Å². The quantitative estimate of drug-likeness (QED) is 0.638. The third-order valence-electron chi connectivity index (χ3n) is 3.68. The van der Waals surface area contributed by atoms with E-state index in [-0.39, 0.29) is 31.0 Å². The summed E-state index contributed by atoms with van der Waals surface area (Å²) in [6, 6.07) is 0. The third-order valence-corrected chi connectivity index (χ3v) is 3.68. The van der Waals surface area contributed by atoms with Crippen LogP contribution in [0.4, 0.5) is 0 Å². The molecule has 4 heteroatoms. The van der Waals surface area contributed by atoms with Crippen LogP contribution in [0.3, 0.4) is 0 Å². The first-order valence-corrected chi connectivity index (χ1v) is 4.77. The predicted octanol–water partition coefficient (Wildman–Crippen LogP) is -0.389. The molecule has 2 saturated heterocycles. The second-order valence-electron chi connectivity index (χ2n) is 4.09. The van der Waals surface area contributed by atoms with Crippen LogP contribution in [-0.2, 0) is 14.2 Å². The molecule has 4 nitrogen and oxygen atoms in total. The molecule has 0 amide bonds. The Kier molecular flexibility index (Phi) is 1.68. The normalized spacial score (nSPS) is 57.7. The van der Waals surface area contributed by atoms with Crippen LogP contribution in [0, 0.1) is 17.8 Å². The largest absolute Gasteiger partial charge is 0.396 e. The highest BCUT2D eigenvalue weighted by Crippen LogP contribution is 2.54. The zero-order valence-corrected chi connectivity index (χ0v) is 7.55. The number of rotatable bonds is 2. The van der Waals surface area contributed by atoms with E-state index in [0.717, 1.165) is 6.61 Å². The molecule has 0 aromatic rings. The monoisotopic (exact) mass is 186 g/mol. The summed E-state index contributed by atoms with van der Waals surface area (Å²) in [7, 11) is 1.70. The van der Waals surface area contributed by atoms with Gasteiger partial charge in [0.2, 0.25) is 0 Å². The first kappa shape index (κ1) is 8.17. The highest BCUT2D eigenvalue weighted by Gasteiger charge is 2.64. The maximum absolute atomic E-state index is 9.22. The number of hydrogen-bond donors (Lipinski definition) is 1. The van der Waals surface area contributed by atoms with Gasteiger partial charge in [-0.15, -0.1) is 0 Å².